The van der Waals surface area contributed by atoms with Gasteiger partial charge in [0.2, 0.25) is 0 Å². The number of hydrogen-bond acceptors (Lipinski definition) is 0. The Morgan fingerprint density at radius 3 is 1.42 bits per heavy atom. The maximum Gasteiger partial charge on any atom is 0.0626 e. The molecule has 0 spiro atoms. The zero-order valence-electron chi connectivity index (χ0n) is 23.4. The molecule has 0 saturated carbocycles. The van der Waals surface area contributed by atoms with Crippen molar-refractivity contribution in [2.75, 3.05) is 0 Å². The standard InChI is InChI=1S/C42H25N/c1-2-14-27-26(13-1)25-38(31-18-6-3-15-28(27)31)43-37-24-12-11-23-36(37)41-40-33-20-8-5-17-30(33)29-16-4-7-19-32(29)39(40)34-21-9-10-22-35(34)42(41)43/h1-25H. The quantitative estimate of drug-likeness (QED) is 0.181. The maximum absolute atomic E-state index is 2.55. The average Bonchev–Trinajstić information content (AvgIpc) is 3.43. The second kappa shape index (κ2) is 8.44. The van der Waals surface area contributed by atoms with Crippen molar-refractivity contribution in [2.24, 2.45) is 0 Å². The summed E-state index contributed by atoms with van der Waals surface area (Å²) in [6.45, 7) is 0. The van der Waals surface area contributed by atoms with Crippen molar-refractivity contribution in [1.29, 1.82) is 0 Å². The third-order valence-corrected chi connectivity index (χ3v) is 9.50. The van der Waals surface area contributed by atoms with Crippen LogP contribution in [0.25, 0.3) is 92.1 Å². The highest BCUT2D eigenvalue weighted by atomic mass is 15.0. The first-order chi connectivity index (χ1) is 21.4. The van der Waals surface area contributed by atoms with Crippen molar-refractivity contribution in [3.8, 4) is 5.69 Å². The van der Waals surface area contributed by atoms with Crippen LogP contribution in [-0.2, 0) is 0 Å². The predicted octanol–water partition coefficient (Wildman–Crippen LogP) is 11.7. The van der Waals surface area contributed by atoms with Crippen LogP contribution in [0.15, 0.2) is 152 Å². The summed E-state index contributed by atoms with van der Waals surface area (Å²) in [5.41, 5.74) is 3.72. The lowest BCUT2D eigenvalue weighted by Gasteiger charge is -2.17. The van der Waals surface area contributed by atoms with Crippen molar-refractivity contribution in [3.63, 3.8) is 0 Å². The van der Waals surface area contributed by atoms with Crippen molar-refractivity contribution >= 4 is 86.4 Å². The van der Waals surface area contributed by atoms with E-state index in [-0.39, 0.29) is 0 Å². The zero-order chi connectivity index (χ0) is 28.1. The first-order valence-electron chi connectivity index (χ1n) is 15.0. The van der Waals surface area contributed by atoms with Crippen LogP contribution in [-0.4, -0.2) is 4.57 Å². The lowest BCUT2D eigenvalue weighted by atomic mass is 9.88. The van der Waals surface area contributed by atoms with Gasteiger partial charge in [0, 0.05) is 26.9 Å². The summed E-state index contributed by atoms with van der Waals surface area (Å²) in [6.07, 6.45) is 0. The van der Waals surface area contributed by atoms with Crippen molar-refractivity contribution < 1.29 is 0 Å². The van der Waals surface area contributed by atoms with Crippen LogP contribution < -0.4 is 0 Å². The number of hydrogen-bond donors (Lipinski definition) is 0. The van der Waals surface area contributed by atoms with E-state index >= 15 is 0 Å². The van der Waals surface area contributed by atoms with Gasteiger partial charge in [-0.05, 0) is 60.6 Å². The minimum absolute atomic E-state index is 1.22. The van der Waals surface area contributed by atoms with Crippen LogP contribution in [0.4, 0.5) is 0 Å². The van der Waals surface area contributed by atoms with Gasteiger partial charge < -0.3 is 4.57 Å². The Hall–Kier alpha value is -5.66. The Morgan fingerprint density at radius 1 is 0.302 bits per heavy atom. The van der Waals surface area contributed by atoms with Gasteiger partial charge in [0.1, 0.15) is 0 Å². The molecule has 0 bridgehead atoms. The predicted molar refractivity (Wildman–Crippen MR) is 186 cm³/mol. The molecule has 0 aliphatic carbocycles. The summed E-state index contributed by atoms with van der Waals surface area (Å²) in [4.78, 5) is 0. The van der Waals surface area contributed by atoms with Gasteiger partial charge in [-0.3, -0.25) is 0 Å². The molecule has 0 aliphatic heterocycles. The van der Waals surface area contributed by atoms with E-state index in [1.807, 2.05) is 0 Å². The van der Waals surface area contributed by atoms with E-state index in [4.69, 9.17) is 0 Å². The van der Waals surface area contributed by atoms with Crippen molar-refractivity contribution in [3.05, 3.63) is 152 Å². The molecule has 1 aromatic heterocycles. The van der Waals surface area contributed by atoms with Crippen LogP contribution >= 0.6 is 0 Å². The number of nitrogens with zero attached hydrogens (tertiary/aromatic N) is 1. The summed E-state index contributed by atoms with van der Waals surface area (Å²) < 4.78 is 2.55. The Kier molecular flexibility index (Phi) is 4.51. The first kappa shape index (κ1) is 23.0. The smallest absolute Gasteiger partial charge is 0.0626 e. The Labute approximate surface area is 247 Å². The van der Waals surface area contributed by atoms with Crippen LogP contribution in [0.3, 0.4) is 0 Å². The van der Waals surface area contributed by atoms with E-state index in [0.29, 0.717) is 0 Å². The van der Waals surface area contributed by atoms with Crippen LogP contribution in [0, 0.1) is 0 Å². The van der Waals surface area contributed by atoms with Gasteiger partial charge in [0.05, 0.1) is 16.7 Å². The number of benzene rings is 9. The number of aromatic nitrogens is 1. The number of para-hydroxylation sites is 1. The van der Waals surface area contributed by atoms with Gasteiger partial charge in [-0.25, -0.2) is 0 Å². The van der Waals surface area contributed by atoms with Gasteiger partial charge in [-0.15, -0.1) is 0 Å². The van der Waals surface area contributed by atoms with Gasteiger partial charge in [0.25, 0.3) is 0 Å². The SMILES string of the molecule is c1ccc2c(c1)cc(-n1c3ccccc3c3c4c5ccccc5c5ccccc5c4c4ccccc4c31)c1ccccc12. The molecule has 10 rings (SSSR count). The molecule has 0 radical (unpaired) electrons. The van der Waals surface area contributed by atoms with E-state index in [0.717, 1.165) is 0 Å². The Morgan fingerprint density at radius 2 is 0.744 bits per heavy atom. The minimum atomic E-state index is 1.22. The Balaban J connectivity index is 1.57. The molecule has 0 aliphatic rings. The van der Waals surface area contributed by atoms with E-state index in [2.05, 4.69) is 156 Å². The summed E-state index contributed by atoms with van der Waals surface area (Å²) in [5, 5.41) is 18.1. The summed E-state index contributed by atoms with van der Waals surface area (Å²) in [6, 6.07) is 55.9. The van der Waals surface area contributed by atoms with Crippen molar-refractivity contribution in [2.45, 2.75) is 0 Å². The fourth-order valence-electron chi connectivity index (χ4n) is 7.81. The van der Waals surface area contributed by atoms with Gasteiger partial charge in [-0.1, -0.05) is 140 Å². The molecular weight excluding hydrogens is 518 g/mol. The van der Waals surface area contributed by atoms with Gasteiger partial charge >= 0.3 is 0 Å². The molecule has 0 amide bonds. The second-order valence-corrected chi connectivity index (χ2v) is 11.6. The van der Waals surface area contributed by atoms with Crippen molar-refractivity contribution in [1.82, 2.24) is 4.57 Å². The molecule has 0 saturated heterocycles. The fourth-order valence-corrected chi connectivity index (χ4v) is 7.81. The second-order valence-electron chi connectivity index (χ2n) is 11.6. The fraction of sp³-hybridized carbons (Fsp3) is 0. The van der Waals surface area contributed by atoms with E-state index in [9.17, 15) is 0 Å². The topological polar surface area (TPSA) is 4.93 Å². The molecule has 1 heterocycles. The highest BCUT2D eigenvalue weighted by Crippen LogP contribution is 2.48. The molecule has 10 aromatic rings. The highest BCUT2D eigenvalue weighted by Gasteiger charge is 2.23. The largest absolute Gasteiger partial charge is 0.308 e. The molecule has 0 unspecified atom stereocenters. The van der Waals surface area contributed by atoms with Gasteiger partial charge in [-0.2, -0.15) is 0 Å². The molecule has 198 valence electrons. The normalized spacial score (nSPS) is 12.2. The van der Waals surface area contributed by atoms with Crippen LogP contribution in [0.1, 0.15) is 0 Å². The average molecular weight is 544 g/mol. The number of fused-ring (bicyclic) bond motifs is 16. The molecule has 9 aromatic carbocycles. The zero-order valence-corrected chi connectivity index (χ0v) is 23.4. The molecule has 1 nitrogen and oxygen atoms in total. The summed E-state index contributed by atoms with van der Waals surface area (Å²) in [7, 11) is 0. The van der Waals surface area contributed by atoms with E-state index in [1.54, 1.807) is 0 Å². The van der Waals surface area contributed by atoms with Crippen LogP contribution in [0.2, 0.25) is 0 Å². The summed E-state index contributed by atoms with van der Waals surface area (Å²) in [5.74, 6) is 0. The minimum Gasteiger partial charge on any atom is -0.308 e. The molecule has 0 N–H and O–H groups in total. The van der Waals surface area contributed by atoms with E-state index < -0.39 is 0 Å². The maximum atomic E-state index is 2.55. The monoisotopic (exact) mass is 543 g/mol. The van der Waals surface area contributed by atoms with Crippen LogP contribution in [0.5, 0.6) is 0 Å². The molecular formula is C42H25N. The summed E-state index contributed by atoms with van der Waals surface area (Å²) >= 11 is 0. The first-order valence-corrected chi connectivity index (χ1v) is 15.0. The van der Waals surface area contributed by atoms with Gasteiger partial charge in [0.15, 0.2) is 0 Å². The molecule has 0 atom stereocenters. The molecule has 0 fully saturated rings. The highest BCUT2D eigenvalue weighted by molar-refractivity contribution is 6.42. The molecule has 43 heavy (non-hydrogen) atoms. The third-order valence-electron chi connectivity index (χ3n) is 9.50. The lowest BCUT2D eigenvalue weighted by molar-refractivity contribution is 1.21. The van der Waals surface area contributed by atoms with E-state index in [1.165, 1.54) is 92.1 Å². The Bertz CT molecular complexity index is 2780. The molecule has 1 heteroatoms. The number of rotatable bonds is 1. The lowest BCUT2D eigenvalue weighted by Crippen LogP contribution is -1.97. The third kappa shape index (κ3) is 2.96.